The number of nitrogens with two attached hydrogens (primary N) is 1. The third-order valence-corrected chi connectivity index (χ3v) is 1.23. The van der Waals surface area contributed by atoms with E-state index in [-0.39, 0.29) is 11.6 Å². The van der Waals surface area contributed by atoms with Crippen molar-refractivity contribution in [1.29, 1.82) is 0 Å². The first kappa shape index (κ1) is 10.5. The smallest absolute Gasteiger partial charge is 0.337 e. The second-order valence-corrected chi connectivity index (χ2v) is 2.32. The molecular weight excluding hydrogens is 160 g/mol. The summed E-state index contributed by atoms with van der Waals surface area (Å²) in [5.74, 6) is -1.66. The molecule has 66 valence electrons. The van der Waals surface area contributed by atoms with Gasteiger partial charge in [0.25, 0.3) is 0 Å². The Balaban J connectivity index is 4.44. The van der Waals surface area contributed by atoms with E-state index in [0.29, 0.717) is 0 Å². The standard InChI is InChI=1S/C7H10N2O3/c1-4(10)6(5(2)11)3-9-7(8)12/h3,6H,1-2H3,(H2,8,12). The maximum absolute atomic E-state index is 10.7. The maximum atomic E-state index is 10.7. The van der Waals surface area contributed by atoms with E-state index < -0.39 is 11.9 Å². The number of nitrogens with zero attached hydrogens (tertiary/aromatic N) is 1. The van der Waals surface area contributed by atoms with E-state index in [1.165, 1.54) is 13.8 Å². The molecule has 0 bridgehead atoms. The lowest BCUT2D eigenvalue weighted by Gasteiger charge is -2.00. The van der Waals surface area contributed by atoms with Gasteiger partial charge in [-0.05, 0) is 13.8 Å². The Morgan fingerprint density at radius 3 is 1.92 bits per heavy atom. The van der Waals surface area contributed by atoms with E-state index in [0.717, 1.165) is 6.21 Å². The van der Waals surface area contributed by atoms with Gasteiger partial charge in [0.05, 0.1) is 0 Å². The second-order valence-electron chi connectivity index (χ2n) is 2.32. The van der Waals surface area contributed by atoms with Crippen LogP contribution in [0.4, 0.5) is 4.79 Å². The Labute approximate surface area is 69.6 Å². The highest BCUT2D eigenvalue weighted by Gasteiger charge is 2.16. The Bertz CT molecular complexity index is 231. The summed E-state index contributed by atoms with van der Waals surface area (Å²) in [4.78, 5) is 34.8. The number of primary amides is 1. The number of rotatable bonds is 3. The summed E-state index contributed by atoms with van der Waals surface area (Å²) in [7, 11) is 0. The Morgan fingerprint density at radius 1 is 1.25 bits per heavy atom. The molecule has 0 unspecified atom stereocenters. The SMILES string of the molecule is CC(=O)C(C=NC(N)=O)C(C)=O. The minimum Gasteiger partial charge on any atom is -0.350 e. The Hall–Kier alpha value is -1.52. The molecule has 5 nitrogen and oxygen atoms in total. The molecule has 0 aliphatic carbocycles. The topological polar surface area (TPSA) is 89.6 Å². The largest absolute Gasteiger partial charge is 0.350 e. The molecule has 0 aliphatic rings. The minimum absolute atomic E-state index is 0.354. The van der Waals surface area contributed by atoms with Gasteiger partial charge < -0.3 is 5.73 Å². The van der Waals surface area contributed by atoms with Gasteiger partial charge >= 0.3 is 6.03 Å². The van der Waals surface area contributed by atoms with Gasteiger partial charge in [-0.25, -0.2) is 9.79 Å². The zero-order chi connectivity index (χ0) is 9.72. The molecule has 0 rings (SSSR count). The monoisotopic (exact) mass is 170 g/mol. The molecule has 0 atom stereocenters. The highest BCUT2D eigenvalue weighted by atomic mass is 16.2. The molecule has 12 heavy (non-hydrogen) atoms. The zero-order valence-electron chi connectivity index (χ0n) is 6.90. The second kappa shape index (κ2) is 4.38. The fourth-order valence-corrected chi connectivity index (χ4v) is 0.644. The van der Waals surface area contributed by atoms with Crippen LogP contribution in [0.3, 0.4) is 0 Å². The van der Waals surface area contributed by atoms with Gasteiger partial charge in [-0.1, -0.05) is 0 Å². The molecular formula is C7H10N2O3. The van der Waals surface area contributed by atoms with Crippen molar-refractivity contribution in [2.75, 3.05) is 0 Å². The van der Waals surface area contributed by atoms with E-state index in [9.17, 15) is 14.4 Å². The third kappa shape index (κ3) is 3.60. The molecule has 0 saturated heterocycles. The van der Waals surface area contributed by atoms with Crippen LogP contribution < -0.4 is 5.73 Å². The van der Waals surface area contributed by atoms with E-state index in [2.05, 4.69) is 10.7 Å². The molecule has 0 aromatic carbocycles. The van der Waals surface area contributed by atoms with Gasteiger partial charge in [-0.2, -0.15) is 0 Å². The quantitative estimate of drug-likeness (QED) is 0.474. The van der Waals surface area contributed by atoms with Crippen molar-refractivity contribution in [1.82, 2.24) is 0 Å². The summed E-state index contributed by atoms with van der Waals surface area (Å²) < 4.78 is 0. The molecule has 0 spiro atoms. The molecule has 0 aromatic rings. The predicted octanol–water partition coefficient (Wildman–Crippen LogP) is -0.0699. The van der Waals surface area contributed by atoms with E-state index in [1.54, 1.807) is 0 Å². The summed E-state index contributed by atoms with van der Waals surface area (Å²) in [5.41, 5.74) is 4.68. The van der Waals surface area contributed by atoms with Crippen molar-refractivity contribution in [3.8, 4) is 0 Å². The fourth-order valence-electron chi connectivity index (χ4n) is 0.644. The first-order valence-corrected chi connectivity index (χ1v) is 3.29. The first-order valence-electron chi connectivity index (χ1n) is 3.29. The van der Waals surface area contributed by atoms with Crippen molar-refractivity contribution in [3.05, 3.63) is 0 Å². The van der Waals surface area contributed by atoms with Crippen LogP contribution in [-0.4, -0.2) is 23.8 Å². The van der Waals surface area contributed by atoms with E-state index in [4.69, 9.17) is 0 Å². The first-order chi connectivity index (χ1) is 5.45. The number of aliphatic imine (C=N–C) groups is 1. The molecule has 2 amide bonds. The van der Waals surface area contributed by atoms with Gasteiger partial charge in [0.15, 0.2) is 0 Å². The van der Waals surface area contributed by atoms with Crippen molar-refractivity contribution in [2.24, 2.45) is 16.6 Å². The average Bonchev–Trinajstić information content (AvgIpc) is 1.84. The highest BCUT2D eigenvalue weighted by Crippen LogP contribution is 1.96. The fraction of sp³-hybridized carbons (Fsp3) is 0.429. The molecule has 0 heterocycles. The number of urea groups is 1. The summed E-state index contributed by atoms with van der Waals surface area (Å²) in [6.45, 7) is 2.50. The summed E-state index contributed by atoms with van der Waals surface area (Å²) in [5, 5.41) is 0. The number of hydrogen-bond donors (Lipinski definition) is 1. The van der Waals surface area contributed by atoms with Crippen LogP contribution in [0.5, 0.6) is 0 Å². The minimum atomic E-state index is -0.947. The Morgan fingerprint density at radius 2 is 1.67 bits per heavy atom. The molecule has 0 radical (unpaired) electrons. The van der Waals surface area contributed by atoms with Crippen LogP contribution in [-0.2, 0) is 9.59 Å². The molecule has 5 heteroatoms. The van der Waals surface area contributed by atoms with Crippen molar-refractivity contribution in [3.63, 3.8) is 0 Å². The number of hydrogen-bond acceptors (Lipinski definition) is 3. The Kier molecular flexibility index (Phi) is 3.82. The van der Waals surface area contributed by atoms with Crippen molar-refractivity contribution in [2.45, 2.75) is 13.8 Å². The number of carbonyl (C=O) groups excluding carboxylic acids is 3. The summed E-state index contributed by atoms with van der Waals surface area (Å²) >= 11 is 0. The predicted molar refractivity (Wildman–Crippen MR) is 42.9 cm³/mol. The van der Waals surface area contributed by atoms with Gasteiger partial charge in [-0.15, -0.1) is 0 Å². The molecule has 2 N–H and O–H groups in total. The van der Waals surface area contributed by atoms with Gasteiger partial charge in [0.2, 0.25) is 0 Å². The lowest BCUT2D eigenvalue weighted by atomic mass is 10.0. The van der Waals surface area contributed by atoms with Crippen LogP contribution >= 0.6 is 0 Å². The highest BCUT2D eigenvalue weighted by molar-refractivity contribution is 6.14. The summed E-state index contributed by atoms with van der Waals surface area (Å²) in [6.07, 6.45) is 0.965. The number of Topliss-reactive ketones (excluding diaryl/α,β-unsaturated/α-hetero) is 2. The van der Waals surface area contributed by atoms with Crippen molar-refractivity contribution >= 4 is 23.8 Å². The van der Waals surface area contributed by atoms with Crippen LogP contribution in [0.15, 0.2) is 4.99 Å². The number of ketones is 2. The zero-order valence-corrected chi connectivity index (χ0v) is 6.90. The molecule has 0 saturated carbocycles. The number of carbonyl (C=O) groups is 3. The lowest BCUT2D eigenvalue weighted by molar-refractivity contribution is -0.127. The van der Waals surface area contributed by atoms with Gasteiger partial charge in [0, 0.05) is 6.21 Å². The molecule has 0 aliphatic heterocycles. The van der Waals surface area contributed by atoms with Crippen LogP contribution in [0.25, 0.3) is 0 Å². The molecule has 0 aromatic heterocycles. The average molecular weight is 170 g/mol. The maximum Gasteiger partial charge on any atom is 0.337 e. The van der Waals surface area contributed by atoms with E-state index >= 15 is 0 Å². The molecule has 0 fully saturated rings. The lowest BCUT2D eigenvalue weighted by Crippen LogP contribution is -2.21. The normalized spacial score (nSPS) is 10.6. The van der Waals surface area contributed by atoms with Gasteiger partial charge in [-0.3, -0.25) is 9.59 Å². The van der Waals surface area contributed by atoms with Crippen LogP contribution in [0, 0.1) is 5.92 Å². The summed E-state index contributed by atoms with van der Waals surface area (Å²) in [6, 6.07) is -0.914. The van der Waals surface area contributed by atoms with Crippen molar-refractivity contribution < 1.29 is 14.4 Å². The third-order valence-electron chi connectivity index (χ3n) is 1.23. The van der Waals surface area contributed by atoms with Gasteiger partial charge in [0.1, 0.15) is 17.5 Å². The van der Waals surface area contributed by atoms with E-state index in [1.807, 2.05) is 0 Å². The number of amides is 2. The van der Waals surface area contributed by atoms with Crippen LogP contribution in [0.1, 0.15) is 13.8 Å². The van der Waals surface area contributed by atoms with Crippen LogP contribution in [0.2, 0.25) is 0 Å².